The van der Waals surface area contributed by atoms with Crippen molar-refractivity contribution in [3.63, 3.8) is 0 Å². The fourth-order valence-corrected chi connectivity index (χ4v) is 4.63. The van der Waals surface area contributed by atoms with Crippen molar-refractivity contribution in [3.05, 3.63) is 35.9 Å². The number of aryl methyl sites for hydroxylation is 1. The van der Waals surface area contributed by atoms with Gasteiger partial charge in [0, 0.05) is 77.1 Å². The molecule has 4 heterocycles. The van der Waals surface area contributed by atoms with Gasteiger partial charge in [-0.15, -0.1) is 0 Å². The van der Waals surface area contributed by atoms with Crippen LogP contribution in [-0.4, -0.2) is 59.9 Å². The lowest BCUT2D eigenvalue weighted by atomic mass is 9.86. The van der Waals surface area contributed by atoms with Gasteiger partial charge in [-0.2, -0.15) is 0 Å². The van der Waals surface area contributed by atoms with Crippen LogP contribution in [0.25, 0.3) is 0 Å². The van der Waals surface area contributed by atoms with Gasteiger partial charge in [-0.1, -0.05) is 0 Å². The number of aliphatic hydroxyl groups is 1. The van der Waals surface area contributed by atoms with E-state index >= 15 is 0 Å². The van der Waals surface area contributed by atoms with E-state index in [1.165, 1.54) is 0 Å². The van der Waals surface area contributed by atoms with E-state index in [0.29, 0.717) is 19.3 Å². The van der Waals surface area contributed by atoms with Gasteiger partial charge in [-0.05, 0) is 12.8 Å². The van der Waals surface area contributed by atoms with Crippen LogP contribution in [0, 0.1) is 0 Å². The third-order valence-electron chi connectivity index (χ3n) is 6.00. The molecule has 2 aliphatic heterocycles. The number of nitrogens with zero attached hydrogens (tertiary/aromatic N) is 6. The molecule has 2 aromatic rings. The van der Waals surface area contributed by atoms with Crippen LogP contribution >= 0.6 is 0 Å². The first-order chi connectivity index (χ1) is 12.9. The molecule has 2 aromatic heterocycles. The second-order valence-corrected chi connectivity index (χ2v) is 8.13. The van der Waals surface area contributed by atoms with Crippen molar-refractivity contribution in [2.45, 2.75) is 56.3 Å². The fraction of sp³-hybridized carbons (Fsp3) is 0.667. The first-order valence-corrected chi connectivity index (χ1v) is 9.60. The van der Waals surface area contributed by atoms with Gasteiger partial charge < -0.3 is 14.2 Å². The molecule has 0 radical (unpaired) electrons. The highest BCUT2D eigenvalue weighted by Crippen LogP contribution is 2.43. The molecule has 4 rings (SSSR count). The lowest BCUT2D eigenvalue weighted by Gasteiger charge is -2.41. The monoisotopic (exact) mass is 374 g/mol. The third-order valence-corrected chi connectivity index (χ3v) is 6.00. The standard InChI is InChI=1S/C18H30N8O/c1-23-12-13(9-16-21-5-6-25(16)8-7-24(2)19)22-17(23)18(27)10-14-3-4-15(11-18)26(14)20/h5-6,12,14-15,27H,3-4,7-11,19-20H2,1-2H3. The van der Waals surface area contributed by atoms with E-state index < -0.39 is 5.60 Å². The van der Waals surface area contributed by atoms with Crippen molar-refractivity contribution < 1.29 is 5.11 Å². The zero-order chi connectivity index (χ0) is 19.2. The Bertz CT molecular complexity index is 783. The minimum absolute atomic E-state index is 0.237. The van der Waals surface area contributed by atoms with Gasteiger partial charge in [0.1, 0.15) is 17.2 Å². The van der Waals surface area contributed by atoms with Gasteiger partial charge in [0.05, 0.1) is 5.69 Å². The number of nitrogens with two attached hydrogens (primary N) is 2. The zero-order valence-electron chi connectivity index (χ0n) is 16.1. The molecule has 2 unspecified atom stereocenters. The molecule has 2 bridgehead atoms. The van der Waals surface area contributed by atoms with Gasteiger partial charge in [0.2, 0.25) is 0 Å². The molecule has 0 aliphatic carbocycles. The number of hydrazine groups is 2. The maximum absolute atomic E-state index is 11.4. The highest BCUT2D eigenvalue weighted by atomic mass is 16.3. The summed E-state index contributed by atoms with van der Waals surface area (Å²) in [6.07, 6.45) is 9.77. The van der Waals surface area contributed by atoms with Crippen LogP contribution in [0.1, 0.15) is 43.0 Å². The Morgan fingerprint density at radius 1 is 1.33 bits per heavy atom. The van der Waals surface area contributed by atoms with Crippen molar-refractivity contribution in [1.82, 2.24) is 29.1 Å². The zero-order valence-corrected chi connectivity index (χ0v) is 16.1. The lowest BCUT2D eigenvalue weighted by Crippen LogP contribution is -2.53. The molecule has 9 nitrogen and oxygen atoms in total. The van der Waals surface area contributed by atoms with E-state index in [1.807, 2.05) is 36.1 Å². The Morgan fingerprint density at radius 2 is 2.04 bits per heavy atom. The van der Waals surface area contributed by atoms with Crippen molar-refractivity contribution in [2.24, 2.45) is 18.7 Å². The number of hydrogen-bond acceptors (Lipinski definition) is 7. The number of likely N-dealkylation sites (N-methyl/N-ethyl adjacent to an activating group) is 1. The van der Waals surface area contributed by atoms with E-state index in [9.17, 15) is 5.11 Å². The number of piperidine rings is 1. The largest absolute Gasteiger partial charge is 0.382 e. The number of rotatable bonds is 6. The molecule has 0 aromatic carbocycles. The quantitative estimate of drug-likeness (QED) is 0.470. The predicted molar refractivity (Wildman–Crippen MR) is 101 cm³/mol. The molecule has 27 heavy (non-hydrogen) atoms. The Labute approximate surface area is 159 Å². The molecular formula is C18H30N8O. The Morgan fingerprint density at radius 3 is 2.70 bits per heavy atom. The maximum Gasteiger partial charge on any atom is 0.140 e. The second-order valence-electron chi connectivity index (χ2n) is 8.13. The third kappa shape index (κ3) is 3.53. The Hall–Kier alpha value is -1.78. The lowest BCUT2D eigenvalue weighted by molar-refractivity contribution is -0.0650. The first-order valence-electron chi connectivity index (χ1n) is 9.60. The van der Waals surface area contributed by atoms with E-state index in [1.54, 1.807) is 11.2 Å². The molecule has 0 spiro atoms. The summed E-state index contributed by atoms with van der Waals surface area (Å²) in [7, 11) is 3.80. The van der Waals surface area contributed by atoms with Crippen LogP contribution in [0.4, 0.5) is 0 Å². The van der Waals surface area contributed by atoms with Crippen molar-refractivity contribution >= 4 is 0 Å². The summed E-state index contributed by atoms with van der Waals surface area (Å²) >= 11 is 0. The Balaban J connectivity index is 1.52. The summed E-state index contributed by atoms with van der Waals surface area (Å²) in [5.74, 6) is 13.6. The molecule has 9 heteroatoms. The van der Waals surface area contributed by atoms with E-state index in [-0.39, 0.29) is 12.1 Å². The predicted octanol–water partition coefficient (Wildman–Crippen LogP) is -0.299. The summed E-state index contributed by atoms with van der Waals surface area (Å²) in [6, 6.07) is 0.474. The number of imidazole rings is 2. The number of aromatic nitrogens is 4. The highest BCUT2D eigenvalue weighted by molar-refractivity contribution is 5.18. The van der Waals surface area contributed by atoms with Crippen LogP contribution < -0.4 is 11.7 Å². The molecule has 0 saturated carbocycles. The molecule has 2 aliphatic rings. The van der Waals surface area contributed by atoms with Crippen LogP contribution in [0.3, 0.4) is 0 Å². The van der Waals surface area contributed by atoms with Crippen molar-refractivity contribution in [1.29, 1.82) is 0 Å². The van der Waals surface area contributed by atoms with Gasteiger partial charge in [-0.25, -0.2) is 20.0 Å². The SMILES string of the molecule is CN(N)CCn1ccnc1Cc1cn(C)c(C2(O)CC3CCC(C2)N3N)n1. The molecule has 0 amide bonds. The smallest absolute Gasteiger partial charge is 0.140 e. The van der Waals surface area contributed by atoms with E-state index in [2.05, 4.69) is 9.55 Å². The van der Waals surface area contributed by atoms with Crippen LogP contribution in [0.5, 0.6) is 0 Å². The average molecular weight is 374 g/mol. The van der Waals surface area contributed by atoms with Crippen molar-refractivity contribution in [3.8, 4) is 0 Å². The minimum atomic E-state index is -0.910. The van der Waals surface area contributed by atoms with Crippen LogP contribution in [-0.2, 0) is 25.6 Å². The van der Waals surface area contributed by atoms with Crippen molar-refractivity contribution in [2.75, 3.05) is 13.6 Å². The summed E-state index contributed by atoms with van der Waals surface area (Å²) in [5, 5.41) is 15.0. The van der Waals surface area contributed by atoms with Gasteiger partial charge in [0.25, 0.3) is 0 Å². The molecular weight excluding hydrogens is 344 g/mol. The topological polar surface area (TPSA) is 114 Å². The van der Waals surface area contributed by atoms with E-state index in [0.717, 1.165) is 43.3 Å². The Kier molecular flexibility index (Phi) is 4.81. The second kappa shape index (κ2) is 6.99. The van der Waals surface area contributed by atoms with Gasteiger partial charge in [0.15, 0.2) is 0 Å². The first kappa shape index (κ1) is 18.6. The summed E-state index contributed by atoms with van der Waals surface area (Å²) in [4.78, 5) is 9.27. The summed E-state index contributed by atoms with van der Waals surface area (Å²) in [6.45, 7) is 1.52. The molecule has 2 atom stereocenters. The molecule has 148 valence electrons. The molecule has 5 N–H and O–H groups in total. The molecule has 2 fully saturated rings. The van der Waals surface area contributed by atoms with E-state index in [4.69, 9.17) is 16.7 Å². The highest BCUT2D eigenvalue weighted by Gasteiger charge is 2.49. The number of hydrogen-bond donors (Lipinski definition) is 3. The van der Waals surface area contributed by atoms with Gasteiger partial charge in [-0.3, -0.25) is 11.7 Å². The fourth-order valence-electron chi connectivity index (χ4n) is 4.63. The summed E-state index contributed by atoms with van der Waals surface area (Å²) < 4.78 is 4.06. The van der Waals surface area contributed by atoms with Crippen LogP contribution in [0.15, 0.2) is 18.6 Å². The average Bonchev–Trinajstić information content (AvgIpc) is 3.25. The minimum Gasteiger partial charge on any atom is -0.382 e. The molecule has 2 saturated heterocycles. The summed E-state index contributed by atoms with van der Waals surface area (Å²) in [5.41, 5.74) is 0.00356. The number of fused-ring (bicyclic) bond motifs is 2. The maximum atomic E-state index is 11.4. The normalized spacial score (nSPS) is 28.4. The van der Waals surface area contributed by atoms with Gasteiger partial charge >= 0.3 is 0 Å². The van der Waals surface area contributed by atoms with Crippen LogP contribution in [0.2, 0.25) is 0 Å².